The van der Waals surface area contributed by atoms with Crippen molar-refractivity contribution in [2.45, 2.75) is 19.4 Å². The van der Waals surface area contributed by atoms with Crippen molar-refractivity contribution in [2.75, 3.05) is 6.54 Å². The van der Waals surface area contributed by atoms with Crippen molar-refractivity contribution in [3.05, 3.63) is 84.1 Å². The van der Waals surface area contributed by atoms with E-state index in [9.17, 15) is 4.79 Å². The summed E-state index contributed by atoms with van der Waals surface area (Å²) in [6.07, 6.45) is 7.19. The molecule has 0 fully saturated rings. The molecule has 0 spiro atoms. The second kappa shape index (κ2) is 7.82. The average Bonchev–Trinajstić information content (AvgIpc) is 3.36. The molecular formula is C20H20N6O. The minimum atomic E-state index is -0.0632. The van der Waals surface area contributed by atoms with Crippen LogP contribution in [0.25, 0.3) is 5.65 Å². The summed E-state index contributed by atoms with van der Waals surface area (Å²) in [5, 5.41) is 15.5. The molecule has 0 saturated heterocycles. The van der Waals surface area contributed by atoms with Crippen LogP contribution >= 0.6 is 0 Å². The first-order valence-electron chi connectivity index (χ1n) is 8.93. The van der Waals surface area contributed by atoms with Crippen LogP contribution in [0.2, 0.25) is 0 Å². The lowest BCUT2D eigenvalue weighted by atomic mass is 10.1. The van der Waals surface area contributed by atoms with Gasteiger partial charge in [-0.3, -0.25) is 13.9 Å². The van der Waals surface area contributed by atoms with Gasteiger partial charge in [-0.15, -0.1) is 10.2 Å². The van der Waals surface area contributed by atoms with Gasteiger partial charge in [0.1, 0.15) is 5.82 Å². The molecule has 136 valence electrons. The molecule has 4 rings (SSSR count). The topological polar surface area (TPSA) is 77.1 Å². The summed E-state index contributed by atoms with van der Waals surface area (Å²) in [5.41, 5.74) is 2.60. The molecule has 0 aliphatic rings. The zero-order valence-corrected chi connectivity index (χ0v) is 14.8. The highest BCUT2D eigenvalue weighted by Gasteiger charge is 2.07. The molecule has 1 N–H and O–H groups in total. The molecule has 0 atom stereocenters. The molecule has 0 aliphatic carbocycles. The van der Waals surface area contributed by atoms with Crippen molar-refractivity contribution in [3.8, 4) is 0 Å². The summed E-state index contributed by atoms with van der Waals surface area (Å²) in [7, 11) is 0. The molecule has 7 nitrogen and oxygen atoms in total. The second-order valence-corrected chi connectivity index (χ2v) is 6.31. The Kier molecular flexibility index (Phi) is 4.91. The van der Waals surface area contributed by atoms with Crippen LogP contribution in [0.4, 0.5) is 0 Å². The Morgan fingerprint density at radius 1 is 1.00 bits per heavy atom. The molecule has 4 aromatic rings. The molecule has 3 aromatic heterocycles. The number of rotatable bonds is 7. The third-order valence-corrected chi connectivity index (χ3v) is 4.37. The number of carbonyl (C=O) groups is 1. The fourth-order valence-electron chi connectivity index (χ4n) is 2.95. The lowest BCUT2D eigenvalue weighted by molar-refractivity contribution is 0.0953. The number of amides is 1. The molecule has 7 heteroatoms. The van der Waals surface area contributed by atoms with E-state index in [1.54, 1.807) is 6.20 Å². The number of fused-ring (bicyclic) bond motifs is 1. The van der Waals surface area contributed by atoms with Crippen LogP contribution in [0.3, 0.4) is 0 Å². The van der Waals surface area contributed by atoms with Gasteiger partial charge in [0, 0.05) is 37.1 Å². The monoisotopic (exact) mass is 360 g/mol. The predicted octanol–water partition coefficient (Wildman–Crippen LogP) is 2.34. The standard InChI is InChI=1S/C20H20N6O/c27-20(17-9-7-16(8-10-17)15-25-13-4-12-22-25)21-11-3-6-19-24-23-18-5-1-2-14-26(18)19/h1-2,4-5,7-10,12-14H,3,6,11,15H2,(H,21,27). The van der Waals surface area contributed by atoms with Gasteiger partial charge in [-0.25, -0.2) is 0 Å². The quantitative estimate of drug-likeness (QED) is 0.513. The number of carbonyl (C=O) groups excluding carboxylic acids is 1. The molecule has 0 unspecified atom stereocenters. The summed E-state index contributed by atoms with van der Waals surface area (Å²) in [5.74, 6) is 0.842. The first kappa shape index (κ1) is 17.0. The number of benzene rings is 1. The molecule has 0 bridgehead atoms. The third-order valence-electron chi connectivity index (χ3n) is 4.37. The van der Waals surface area contributed by atoms with Gasteiger partial charge in [0.2, 0.25) is 0 Å². The lowest BCUT2D eigenvalue weighted by Gasteiger charge is -2.06. The van der Waals surface area contributed by atoms with Gasteiger partial charge >= 0.3 is 0 Å². The van der Waals surface area contributed by atoms with E-state index >= 15 is 0 Å². The molecule has 1 aromatic carbocycles. The van der Waals surface area contributed by atoms with Crippen LogP contribution in [0, 0.1) is 0 Å². The Morgan fingerprint density at radius 3 is 2.70 bits per heavy atom. The molecular weight excluding hydrogens is 340 g/mol. The Balaban J connectivity index is 1.26. The fraction of sp³-hybridized carbons (Fsp3) is 0.200. The van der Waals surface area contributed by atoms with E-state index < -0.39 is 0 Å². The average molecular weight is 360 g/mol. The minimum absolute atomic E-state index is 0.0632. The van der Waals surface area contributed by atoms with Gasteiger partial charge in [0.15, 0.2) is 5.65 Å². The highest BCUT2D eigenvalue weighted by atomic mass is 16.1. The van der Waals surface area contributed by atoms with E-state index in [-0.39, 0.29) is 5.91 Å². The van der Waals surface area contributed by atoms with Gasteiger partial charge in [-0.1, -0.05) is 18.2 Å². The maximum absolute atomic E-state index is 12.3. The highest BCUT2D eigenvalue weighted by molar-refractivity contribution is 5.94. The van der Waals surface area contributed by atoms with Crippen molar-refractivity contribution in [1.82, 2.24) is 29.7 Å². The molecule has 1 amide bonds. The Morgan fingerprint density at radius 2 is 1.89 bits per heavy atom. The van der Waals surface area contributed by atoms with Crippen molar-refractivity contribution < 1.29 is 4.79 Å². The van der Waals surface area contributed by atoms with E-state index in [1.807, 2.05) is 70.0 Å². The van der Waals surface area contributed by atoms with E-state index in [0.29, 0.717) is 18.7 Å². The SMILES string of the molecule is O=C(NCCCc1nnc2ccccn12)c1ccc(Cn2cccn2)cc1. The van der Waals surface area contributed by atoms with Crippen molar-refractivity contribution in [1.29, 1.82) is 0 Å². The van der Waals surface area contributed by atoms with Gasteiger partial charge in [-0.2, -0.15) is 5.10 Å². The van der Waals surface area contributed by atoms with Gasteiger partial charge in [0.25, 0.3) is 5.91 Å². The zero-order chi connectivity index (χ0) is 18.5. The first-order chi connectivity index (χ1) is 13.3. The van der Waals surface area contributed by atoms with E-state index in [2.05, 4.69) is 20.6 Å². The van der Waals surface area contributed by atoms with Gasteiger partial charge < -0.3 is 5.32 Å². The van der Waals surface area contributed by atoms with Crippen LogP contribution in [0.1, 0.15) is 28.2 Å². The van der Waals surface area contributed by atoms with Crippen LogP contribution < -0.4 is 5.32 Å². The molecule has 3 heterocycles. The number of hydrogen-bond donors (Lipinski definition) is 1. The maximum atomic E-state index is 12.3. The fourth-order valence-corrected chi connectivity index (χ4v) is 2.95. The van der Waals surface area contributed by atoms with Crippen molar-refractivity contribution in [3.63, 3.8) is 0 Å². The summed E-state index contributed by atoms with van der Waals surface area (Å²) >= 11 is 0. The first-order valence-corrected chi connectivity index (χ1v) is 8.93. The van der Waals surface area contributed by atoms with Crippen LogP contribution in [0.5, 0.6) is 0 Å². The summed E-state index contributed by atoms with van der Waals surface area (Å²) in [6, 6.07) is 15.3. The summed E-state index contributed by atoms with van der Waals surface area (Å²) in [4.78, 5) is 12.3. The van der Waals surface area contributed by atoms with E-state index in [1.165, 1.54) is 0 Å². The zero-order valence-electron chi connectivity index (χ0n) is 14.8. The largest absolute Gasteiger partial charge is 0.352 e. The normalized spacial score (nSPS) is 11.0. The van der Waals surface area contributed by atoms with E-state index in [4.69, 9.17) is 0 Å². The molecule has 0 aliphatic heterocycles. The Hall–Kier alpha value is -3.48. The maximum Gasteiger partial charge on any atom is 0.251 e. The minimum Gasteiger partial charge on any atom is -0.352 e. The molecule has 0 radical (unpaired) electrons. The van der Waals surface area contributed by atoms with Crippen molar-refractivity contribution in [2.24, 2.45) is 0 Å². The van der Waals surface area contributed by atoms with Crippen LogP contribution in [-0.4, -0.2) is 36.8 Å². The Bertz CT molecular complexity index is 1020. The highest BCUT2D eigenvalue weighted by Crippen LogP contribution is 2.07. The van der Waals surface area contributed by atoms with Crippen molar-refractivity contribution >= 4 is 11.6 Å². The number of aryl methyl sites for hydroxylation is 1. The smallest absolute Gasteiger partial charge is 0.251 e. The molecule has 27 heavy (non-hydrogen) atoms. The number of nitrogens with zero attached hydrogens (tertiary/aromatic N) is 5. The van der Waals surface area contributed by atoms with Gasteiger partial charge in [-0.05, 0) is 42.3 Å². The summed E-state index contributed by atoms with van der Waals surface area (Å²) < 4.78 is 3.82. The van der Waals surface area contributed by atoms with Crippen LogP contribution in [-0.2, 0) is 13.0 Å². The van der Waals surface area contributed by atoms with Crippen LogP contribution in [0.15, 0.2) is 67.1 Å². The number of pyridine rings is 1. The Labute approximate surface area is 156 Å². The second-order valence-electron chi connectivity index (χ2n) is 6.31. The van der Waals surface area contributed by atoms with Gasteiger partial charge in [0.05, 0.1) is 6.54 Å². The number of aromatic nitrogens is 5. The summed E-state index contributed by atoms with van der Waals surface area (Å²) in [6.45, 7) is 1.29. The predicted molar refractivity (Wildman–Crippen MR) is 101 cm³/mol. The lowest BCUT2D eigenvalue weighted by Crippen LogP contribution is -2.24. The number of nitrogens with one attached hydrogen (secondary N) is 1. The molecule has 0 saturated carbocycles. The third kappa shape index (κ3) is 4.03. The van der Waals surface area contributed by atoms with E-state index in [0.717, 1.165) is 29.9 Å². The number of hydrogen-bond acceptors (Lipinski definition) is 4.